The lowest BCUT2D eigenvalue weighted by molar-refractivity contribution is 0.182. The van der Waals surface area contributed by atoms with Crippen LogP contribution in [-0.4, -0.2) is 6.10 Å². The van der Waals surface area contributed by atoms with Gasteiger partial charge in [0.15, 0.2) is 0 Å². The zero-order valence-corrected chi connectivity index (χ0v) is 17.6. The minimum Gasteiger partial charge on any atom is -0.490 e. The highest BCUT2D eigenvalue weighted by atomic mass is 16.5. The van der Waals surface area contributed by atoms with E-state index >= 15 is 0 Å². The van der Waals surface area contributed by atoms with E-state index in [1.54, 1.807) is 0 Å². The lowest BCUT2D eigenvalue weighted by Gasteiger charge is -2.29. The summed E-state index contributed by atoms with van der Waals surface area (Å²) in [5, 5.41) is 0. The molecule has 0 radical (unpaired) electrons. The number of ether oxygens (including phenoxy) is 1. The van der Waals surface area contributed by atoms with Gasteiger partial charge < -0.3 is 4.74 Å². The van der Waals surface area contributed by atoms with Gasteiger partial charge >= 0.3 is 0 Å². The van der Waals surface area contributed by atoms with E-state index in [0.29, 0.717) is 6.10 Å². The first-order valence-corrected chi connectivity index (χ1v) is 11.5. The van der Waals surface area contributed by atoms with Crippen molar-refractivity contribution < 1.29 is 4.74 Å². The SMILES string of the molecule is CCCCCC1CCC(c2ccc(O[C@H](CC)CCCCC)cc2)CC1. The molecule has 0 heterocycles. The normalized spacial score (nSPS) is 21.5. The predicted molar refractivity (Wildman–Crippen MR) is 114 cm³/mol. The van der Waals surface area contributed by atoms with Gasteiger partial charge in [-0.2, -0.15) is 0 Å². The fraction of sp³-hybridized carbons (Fsp3) is 0.760. The topological polar surface area (TPSA) is 9.23 Å². The number of hydrogen-bond donors (Lipinski definition) is 0. The summed E-state index contributed by atoms with van der Waals surface area (Å²) in [5.41, 5.74) is 1.53. The van der Waals surface area contributed by atoms with Gasteiger partial charge in [0.1, 0.15) is 5.75 Å². The van der Waals surface area contributed by atoms with E-state index in [-0.39, 0.29) is 0 Å². The van der Waals surface area contributed by atoms with Crippen LogP contribution in [0.2, 0.25) is 0 Å². The van der Waals surface area contributed by atoms with Crippen molar-refractivity contribution >= 4 is 0 Å². The van der Waals surface area contributed by atoms with Crippen LogP contribution in [-0.2, 0) is 0 Å². The third-order valence-electron chi connectivity index (χ3n) is 6.30. The minimum absolute atomic E-state index is 0.381. The zero-order chi connectivity index (χ0) is 18.6. The van der Waals surface area contributed by atoms with Crippen LogP contribution in [0.1, 0.15) is 116 Å². The number of benzene rings is 1. The van der Waals surface area contributed by atoms with Crippen LogP contribution < -0.4 is 4.74 Å². The summed E-state index contributed by atoms with van der Waals surface area (Å²) in [7, 11) is 0. The molecular formula is C25H42O. The molecule has 1 aliphatic rings. The van der Waals surface area contributed by atoms with E-state index in [0.717, 1.165) is 24.0 Å². The Hall–Kier alpha value is -0.980. The van der Waals surface area contributed by atoms with Crippen molar-refractivity contribution in [2.24, 2.45) is 5.92 Å². The second kappa shape index (κ2) is 12.4. The summed E-state index contributed by atoms with van der Waals surface area (Å²) in [4.78, 5) is 0. The van der Waals surface area contributed by atoms with E-state index in [2.05, 4.69) is 45.0 Å². The molecule has 0 spiro atoms. The van der Waals surface area contributed by atoms with E-state index in [4.69, 9.17) is 4.74 Å². The zero-order valence-electron chi connectivity index (χ0n) is 17.6. The first kappa shape index (κ1) is 21.3. The van der Waals surface area contributed by atoms with Crippen LogP contribution >= 0.6 is 0 Å². The first-order valence-electron chi connectivity index (χ1n) is 11.5. The van der Waals surface area contributed by atoms with E-state index in [9.17, 15) is 0 Å². The van der Waals surface area contributed by atoms with Crippen LogP contribution in [0, 0.1) is 5.92 Å². The van der Waals surface area contributed by atoms with Crippen LogP contribution in [0.3, 0.4) is 0 Å². The average molecular weight is 359 g/mol. The van der Waals surface area contributed by atoms with Crippen molar-refractivity contribution in [3.63, 3.8) is 0 Å². The van der Waals surface area contributed by atoms with Gasteiger partial charge in [0.2, 0.25) is 0 Å². The standard InChI is InChI=1S/C25H42O/c1-4-7-9-11-21-13-15-22(16-14-21)23-17-19-25(20-18-23)26-24(6-3)12-10-8-5-2/h17-22,24H,4-16H2,1-3H3/t21?,22?,24-/m1/s1. The summed E-state index contributed by atoms with van der Waals surface area (Å²) >= 11 is 0. The highest BCUT2D eigenvalue weighted by molar-refractivity contribution is 5.30. The Morgan fingerprint density at radius 1 is 0.846 bits per heavy atom. The summed E-state index contributed by atoms with van der Waals surface area (Å²) in [5.74, 6) is 2.83. The van der Waals surface area contributed by atoms with Crippen molar-refractivity contribution in [1.29, 1.82) is 0 Å². The molecule has 1 atom stereocenters. The largest absolute Gasteiger partial charge is 0.490 e. The molecule has 0 N–H and O–H groups in total. The Labute approximate surface area is 162 Å². The summed E-state index contributed by atoms with van der Waals surface area (Å²) in [6, 6.07) is 9.09. The molecule has 0 bridgehead atoms. The number of rotatable bonds is 12. The monoisotopic (exact) mass is 358 g/mol. The predicted octanol–water partition coefficient (Wildman–Crippen LogP) is 8.28. The first-order chi connectivity index (χ1) is 12.8. The smallest absolute Gasteiger partial charge is 0.119 e. The van der Waals surface area contributed by atoms with E-state index in [1.807, 2.05) is 0 Å². The van der Waals surface area contributed by atoms with Crippen LogP contribution in [0.4, 0.5) is 0 Å². The Morgan fingerprint density at radius 2 is 1.50 bits per heavy atom. The lowest BCUT2D eigenvalue weighted by Crippen LogP contribution is -2.15. The molecule has 1 nitrogen and oxygen atoms in total. The van der Waals surface area contributed by atoms with Crippen LogP contribution in [0.5, 0.6) is 5.75 Å². The fourth-order valence-corrected chi connectivity index (χ4v) is 4.45. The van der Waals surface area contributed by atoms with Gasteiger partial charge in [-0.25, -0.2) is 0 Å². The van der Waals surface area contributed by atoms with Gasteiger partial charge in [0.25, 0.3) is 0 Å². The quantitative estimate of drug-likeness (QED) is 0.341. The molecule has 2 rings (SSSR count). The molecule has 1 fully saturated rings. The summed E-state index contributed by atoms with van der Waals surface area (Å²) in [6.07, 6.45) is 17.9. The van der Waals surface area contributed by atoms with Crippen molar-refractivity contribution in [2.45, 2.75) is 116 Å². The molecule has 0 saturated heterocycles. The van der Waals surface area contributed by atoms with Gasteiger partial charge in [-0.3, -0.25) is 0 Å². The van der Waals surface area contributed by atoms with Gasteiger partial charge in [0, 0.05) is 0 Å². The molecule has 26 heavy (non-hydrogen) atoms. The molecule has 1 aromatic rings. The molecule has 148 valence electrons. The molecule has 1 heteroatoms. The highest BCUT2D eigenvalue weighted by Crippen LogP contribution is 2.38. The highest BCUT2D eigenvalue weighted by Gasteiger charge is 2.22. The van der Waals surface area contributed by atoms with Crippen molar-refractivity contribution in [3.05, 3.63) is 29.8 Å². The molecule has 0 amide bonds. The maximum Gasteiger partial charge on any atom is 0.119 e. The molecule has 0 aliphatic heterocycles. The Bertz CT molecular complexity index is 456. The maximum absolute atomic E-state index is 6.22. The second-order valence-corrected chi connectivity index (χ2v) is 8.43. The van der Waals surface area contributed by atoms with Crippen molar-refractivity contribution in [3.8, 4) is 5.75 Å². The van der Waals surface area contributed by atoms with Gasteiger partial charge in [-0.1, -0.05) is 71.4 Å². The third kappa shape index (κ3) is 7.33. The van der Waals surface area contributed by atoms with Crippen molar-refractivity contribution in [1.82, 2.24) is 0 Å². The molecule has 1 aromatic carbocycles. The Kier molecular flexibility index (Phi) is 10.2. The molecule has 0 aromatic heterocycles. The van der Waals surface area contributed by atoms with Crippen molar-refractivity contribution in [2.75, 3.05) is 0 Å². The summed E-state index contributed by atoms with van der Waals surface area (Å²) < 4.78 is 6.22. The number of unbranched alkanes of at least 4 members (excludes halogenated alkanes) is 4. The third-order valence-corrected chi connectivity index (χ3v) is 6.30. The minimum atomic E-state index is 0.381. The van der Waals surface area contributed by atoms with Crippen LogP contribution in [0.25, 0.3) is 0 Å². The Morgan fingerprint density at radius 3 is 2.12 bits per heavy atom. The van der Waals surface area contributed by atoms with E-state index < -0.39 is 0 Å². The van der Waals surface area contributed by atoms with Gasteiger partial charge in [0.05, 0.1) is 6.10 Å². The fourth-order valence-electron chi connectivity index (χ4n) is 4.45. The Balaban J connectivity index is 1.76. The van der Waals surface area contributed by atoms with Gasteiger partial charge in [-0.15, -0.1) is 0 Å². The van der Waals surface area contributed by atoms with Gasteiger partial charge in [-0.05, 0) is 74.5 Å². The molecule has 1 saturated carbocycles. The average Bonchev–Trinajstić information content (AvgIpc) is 2.69. The molecule has 0 unspecified atom stereocenters. The van der Waals surface area contributed by atoms with Crippen LogP contribution in [0.15, 0.2) is 24.3 Å². The summed E-state index contributed by atoms with van der Waals surface area (Å²) in [6.45, 7) is 6.81. The number of hydrogen-bond acceptors (Lipinski definition) is 1. The lowest BCUT2D eigenvalue weighted by atomic mass is 9.77. The maximum atomic E-state index is 6.22. The van der Waals surface area contributed by atoms with E-state index in [1.165, 1.54) is 82.6 Å². The second-order valence-electron chi connectivity index (χ2n) is 8.43. The molecular weight excluding hydrogens is 316 g/mol. The molecule has 1 aliphatic carbocycles.